The molecule has 2 aromatic carbocycles. The molecule has 0 spiro atoms. The molecule has 0 fully saturated rings. The van der Waals surface area contributed by atoms with Crippen LogP contribution in [-0.4, -0.2) is 47.0 Å². The van der Waals surface area contributed by atoms with Crippen LogP contribution in [0, 0.1) is 0 Å². The normalized spacial score (nSPS) is 12.5. The molecule has 3 rings (SSSR count). The molecular weight excluding hydrogens is 416 g/mol. The van der Waals surface area contributed by atoms with Crippen molar-refractivity contribution in [2.24, 2.45) is 0 Å². The quantitative estimate of drug-likeness (QED) is 0.547. The second-order valence-corrected chi connectivity index (χ2v) is 9.29. The van der Waals surface area contributed by atoms with E-state index >= 15 is 0 Å². The van der Waals surface area contributed by atoms with Crippen molar-refractivity contribution in [2.75, 3.05) is 27.7 Å². The van der Waals surface area contributed by atoms with Crippen molar-refractivity contribution < 1.29 is 22.4 Å². The summed E-state index contributed by atoms with van der Waals surface area (Å²) in [6.45, 7) is 0.345. The van der Waals surface area contributed by atoms with E-state index in [0.717, 1.165) is 11.3 Å². The summed E-state index contributed by atoms with van der Waals surface area (Å²) in [7, 11) is 1.91. The minimum Gasteiger partial charge on any atom is -0.497 e. The van der Waals surface area contributed by atoms with Gasteiger partial charge in [0.05, 0.1) is 18.0 Å². The Kier molecular flexibility index (Phi) is 7.14. The first-order valence-electron chi connectivity index (χ1n) is 9.75. The number of amides is 1. The maximum absolute atomic E-state index is 12.6. The number of furan rings is 1. The summed E-state index contributed by atoms with van der Waals surface area (Å²) in [5, 5.41) is 2.86. The molecule has 0 saturated carbocycles. The van der Waals surface area contributed by atoms with Gasteiger partial charge in [-0.2, -0.15) is 0 Å². The predicted octanol–water partition coefficient (Wildman–Crippen LogP) is 3.29. The van der Waals surface area contributed by atoms with Gasteiger partial charge in [0.25, 0.3) is 5.91 Å². The summed E-state index contributed by atoms with van der Waals surface area (Å²) >= 11 is 0. The van der Waals surface area contributed by atoms with Gasteiger partial charge >= 0.3 is 0 Å². The number of carbonyl (C=O) groups excluding carboxylic acids is 1. The highest BCUT2D eigenvalue weighted by Crippen LogP contribution is 2.22. The second kappa shape index (κ2) is 9.80. The van der Waals surface area contributed by atoms with Gasteiger partial charge in [-0.3, -0.25) is 4.79 Å². The molecule has 1 unspecified atom stereocenters. The van der Waals surface area contributed by atoms with E-state index in [4.69, 9.17) is 9.15 Å². The van der Waals surface area contributed by atoms with E-state index in [1.807, 2.05) is 43.3 Å². The minimum absolute atomic E-state index is 0.0708. The van der Waals surface area contributed by atoms with Gasteiger partial charge in [-0.05, 0) is 56.1 Å². The molecule has 0 aliphatic rings. The summed E-state index contributed by atoms with van der Waals surface area (Å²) in [6, 6.07) is 18.7. The first-order valence-corrected chi connectivity index (χ1v) is 11.4. The van der Waals surface area contributed by atoms with Crippen molar-refractivity contribution >= 4 is 15.7 Å². The number of nitrogens with one attached hydrogen (secondary N) is 1. The average molecular weight is 443 g/mol. The Morgan fingerprint density at radius 3 is 2.48 bits per heavy atom. The average Bonchev–Trinajstić information content (AvgIpc) is 3.22. The number of benzene rings is 2. The number of hydrogen-bond donors (Lipinski definition) is 1. The topological polar surface area (TPSA) is 88.8 Å². The van der Waals surface area contributed by atoms with Crippen LogP contribution in [0.15, 0.2) is 76.0 Å². The molecule has 3 aromatic rings. The molecular formula is C23H26N2O5S. The smallest absolute Gasteiger partial charge is 0.287 e. The maximum atomic E-state index is 12.6. The van der Waals surface area contributed by atoms with Crippen LogP contribution in [0.1, 0.15) is 27.9 Å². The summed E-state index contributed by atoms with van der Waals surface area (Å²) in [5.74, 6) is 0.311. The van der Waals surface area contributed by atoms with Gasteiger partial charge in [-0.25, -0.2) is 8.42 Å². The first kappa shape index (κ1) is 22.6. The van der Waals surface area contributed by atoms with Crippen LogP contribution in [0.3, 0.4) is 0 Å². The molecule has 0 radical (unpaired) electrons. The van der Waals surface area contributed by atoms with Gasteiger partial charge < -0.3 is 19.4 Å². The molecule has 1 amide bonds. The van der Waals surface area contributed by atoms with Gasteiger partial charge in [0.1, 0.15) is 17.3 Å². The summed E-state index contributed by atoms with van der Waals surface area (Å²) in [5.41, 5.74) is 0.999. The van der Waals surface area contributed by atoms with Crippen LogP contribution in [0.2, 0.25) is 0 Å². The highest BCUT2D eigenvalue weighted by Gasteiger charge is 2.21. The molecule has 7 nitrogen and oxygen atoms in total. The van der Waals surface area contributed by atoms with Crippen molar-refractivity contribution in [3.05, 3.63) is 83.8 Å². The lowest BCUT2D eigenvalue weighted by atomic mass is 10.1. The number of sulfone groups is 1. The summed E-state index contributed by atoms with van der Waals surface area (Å²) < 4.78 is 35.8. The fourth-order valence-electron chi connectivity index (χ4n) is 3.20. The molecule has 0 aliphatic carbocycles. The number of nitrogens with zero attached hydrogens (tertiary/aromatic N) is 1. The zero-order chi connectivity index (χ0) is 22.4. The lowest BCUT2D eigenvalue weighted by Crippen LogP contribution is -2.34. The molecule has 0 bridgehead atoms. The Balaban J connectivity index is 1.66. The second-order valence-electron chi connectivity index (χ2n) is 7.30. The maximum Gasteiger partial charge on any atom is 0.287 e. The van der Waals surface area contributed by atoms with Gasteiger partial charge in [0, 0.05) is 6.54 Å². The van der Waals surface area contributed by atoms with Crippen molar-refractivity contribution in [3.63, 3.8) is 0 Å². The van der Waals surface area contributed by atoms with Gasteiger partial charge in [0.15, 0.2) is 15.6 Å². The third kappa shape index (κ3) is 5.74. The van der Waals surface area contributed by atoms with E-state index in [1.54, 1.807) is 25.3 Å². The van der Waals surface area contributed by atoms with E-state index < -0.39 is 15.7 Å². The monoisotopic (exact) mass is 442 g/mol. The Labute approximate surface area is 182 Å². The fraction of sp³-hybridized carbons (Fsp3) is 0.261. The van der Waals surface area contributed by atoms with E-state index in [9.17, 15) is 13.2 Å². The van der Waals surface area contributed by atoms with Crippen LogP contribution in [-0.2, 0) is 15.6 Å². The summed E-state index contributed by atoms with van der Waals surface area (Å²) in [6.07, 6.45) is 0. The SMILES string of the molecule is COc1cccc(C(CNC(=O)c2ccc(CS(=O)(=O)c3ccccc3)o2)N(C)C)c1. The highest BCUT2D eigenvalue weighted by atomic mass is 32.2. The first-order chi connectivity index (χ1) is 14.8. The van der Waals surface area contributed by atoms with E-state index in [0.29, 0.717) is 6.54 Å². The number of rotatable bonds is 9. The largest absolute Gasteiger partial charge is 0.497 e. The number of carbonyl (C=O) groups is 1. The molecule has 31 heavy (non-hydrogen) atoms. The van der Waals surface area contributed by atoms with E-state index in [2.05, 4.69) is 5.32 Å². The lowest BCUT2D eigenvalue weighted by Gasteiger charge is -2.25. The summed E-state index contributed by atoms with van der Waals surface area (Å²) in [4.78, 5) is 14.8. The van der Waals surface area contributed by atoms with Crippen molar-refractivity contribution in [1.82, 2.24) is 10.2 Å². The Hall–Kier alpha value is -3.10. The predicted molar refractivity (Wildman–Crippen MR) is 118 cm³/mol. The standard InChI is InChI=1S/C23H26N2O5S/c1-25(2)21(17-8-7-9-18(14-17)29-3)15-24-23(26)22-13-12-19(30-22)16-31(27,28)20-10-5-4-6-11-20/h4-14,21H,15-16H2,1-3H3,(H,24,26). The lowest BCUT2D eigenvalue weighted by molar-refractivity contribution is 0.0912. The number of ether oxygens (including phenoxy) is 1. The van der Waals surface area contributed by atoms with Gasteiger partial charge in [-0.1, -0.05) is 30.3 Å². The number of methoxy groups -OCH3 is 1. The van der Waals surface area contributed by atoms with Gasteiger partial charge in [0.2, 0.25) is 0 Å². The van der Waals surface area contributed by atoms with Crippen LogP contribution in [0.25, 0.3) is 0 Å². The van der Waals surface area contributed by atoms with E-state index in [1.165, 1.54) is 24.3 Å². The number of hydrogen-bond acceptors (Lipinski definition) is 6. The Morgan fingerprint density at radius 1 is 1.06 bits per heavy atom. The molecule has 1 N–H and O–H groups in total. The van der Waals surface area contributed by atoms with Crippen LogP contribution in [0.5, 0.6) is 5.75 Å². The molecule has 1 atom stereocenters. The molecule has 1 aromatic heterocycles. The van der Waals surface area contributed by atoms with Crippen molar-refractivity contribution in [2.45, 2.75) is 16.7 Å². The van der Waals surface area contributed by atoms with Crippen LogP contribution in [0.4, 0.5) is 0 Å². The zero-order valence-electron chi connectivity index (χ0n) is 17.7. The van der Waals surface area contributed by atoms with Crippen LogP contribution < -0.4 is 10.1 Å². The molecule has 0 saturated heterocycles. The minimum atomic E-state index is -3.55. The zero-order valence-corrected chi connectivity index (χ0v) is 18.6. The Morgan fingerprint density at radius 2 is 1.81 bits per heavy atom. The van der Waals surface area contributed by atoms with Gasteiger partial charge in [-0.15, -0.1) is 0 Å². The Bertz CT molecular complexity index is 1120. The third-order valence-corrected chi connectivity index (χ3v) is 6.53. The molecule has 0 aliphatic heterocycles. The van der Waals surface area contributed by atoms with E-state index in [-0.39, 0.29) is 28.2 Å². The molecule has 164 valence electrons. The van der Waals surface area contributed by atoms with Crippen molar-refractivity contribution in [3.8, 4) is 5.75 Å². The fourth-order valence-corrected chi connectivity index (χ4v) is 4.47. The molecule has 1 heterocycles. The number of likely N-dealkylation sites (N-methyl/N-ethyl adjacent to an activating group) is 1. The highest BCUT2D eigenvalue weighted by molar-refractivity contribution is 7.90. The third-order valence-electron chi connectivity index (χ3n) is 4.88. The van der Waals surface area contributed by atoms with Crippen molar-refractivity contribution in [1.29, 1.82) is 0 Å². The van der Waals surface area contributed by atoms with Crippen LogP contribution >= 0.6 is 0 Å². The molecule has 8 heteroatoms.